The van der Waals surface area contributed by atoms with Crippen molar-refractivity contribution in [2.24, 2.45) is 11.1 Å². The van der Waals surface area contributed by atoms with Crippen LogP contribution in [0, 0.1) is 5.41 Å². The van der Waals surface area contributed by atoms with Crippen molar-refractivity contribution in [2.75, 3.05) is 6.61 Å². The largest absolute Gasteiger partial charge is 0.494 e. The Kier molecular flexibility index (Phi) is 4.36. The van der Waals surface area contributed by atoms with E-state index < -0.39 is 0 Å². The summed E-state index contributed by atoms with van der Waals surface area (Å²) < 4.78 is 5.72. The van der Waals surface area contributed by atoms with E-state index >= 15 is 0 Å². The molecule has 0 saturated heterocycles. The molecule has 0 bridgehead atoms. The average molecular weight is 221 g/mol. The maximum Gasteiger partial charge on any atom is 0.119 e. The third kappa shape index (κ3) is 4.67. The Morgan fingerprint density at radius 3 is 2.56 bits per heavy atom. The molecule has 2 N–H and O–H groups in total. The van der Waals surface area contributed by atoms with Crippen molar-refractivity contribution in [1.29, 1.82) is 0 Å². The molecule has 0 unspecified atom stereocenters. The second-order valence-corrected chi connectivity index (χ2v) is 5.52. The molecule has 0 aliphatic rings. The molecule has 0 amide bonds. The van der Waals surface area contributed by atoms with Crippen molar-refractivity contribution in [3.8, 4) is 5.75 Å². The van der Waals surface area contributed by atoms with Gasteiger partial charge in [-0.15, -0.1) is 0 Å². The lowest BCUT2D eigenvalue weighted by Gasteiger charge is -2.18. The molecule has 16 heavy (non-hydrogen) atoms. The summed E-state index contributed by atoms with van der Waals surface area (Å²) in [5, 5.41) is 0. The smallest absolute Gasteiger partial charge is 0.119 e. The van der Waals surface area contributed by atoms with Crippen molar-refractivity contribution in [1.82, 2.24) is 0 Å². The van der Waals surface area contributed by atoms with E-state index in [0.717, 1.165) is 24.3 Å². The summed E-state index contributed by atoms with van der Waals surface area (Å²) in [4.78, 5) is 0. The first kappa shape index (κ1) is 13.0. The summed E-state index contributed by atoms with van der Waals surface area (Å²) >= 11 is 0. The van der Waals surface area contributed by atoms with Gasteiger partial charge >= 0.3 is 0 Å². The van der Waals surface area contributed by atoms with E-state index in [1.54, 1.807) is 0 Å². The van der Waals surface area contributed by atoms with Gasteiger partial charge in [-0.25, -0.2) is 0 Å². The van der Waals surface area contributed by atoms with E-state index in [-0.39, 0.29) is 6.04 Å². The third-order valence-electron chi connectivity index (χ3n) is 2.50. The predicted molar refractivity (Wildman–Crippen MR) is 68.6 cm³/mol. The van der Waals surface area contributed by atoms with Crippen LogP contribution in [0.1, 0.15) is 45.7 Å². The van der Waals surface area contributed by atoms with Crippen molar-refractivity contribution in [2.45, 2.75) is 40.2 Å². The minimum atomic E-state index is 0.0613. The molecule has 0 aliphatic heterocycles. The van der Waals surface area contributed by atoms with Gasteiger partial charge in [0.2, 0.25) is 0 Å². The normalized spacial score (nSPS) is 13.6. The van der Waals surface area contributed by atoms with E-state index in [0.29, 0.717) is 5.41 Å². The van der Waals surface area contributed by atoms with Crippen LogP contribution in [0.4, 0.5) is 0 Å². The Hall–Kier alpha value is -1.02. The van der Waals surface area contributed by atoms with Gasteiger partial charge < -0.3 is 10.5 Å². The number of nitrogens with two attached hydrogens (primary N) is 1. The van der Waals surface area contributed by atoms with Gasteiger partial charge in [0.25, 0.3) is 0 Å². The van der Waals surface area contributed by atoms with E-state index in [9.17, 15) is 0 Å². The summed E-state index contributed by atoms with van der Waals surface area (Å²) in [7, 11) is 0. The molecule has 0 aromatic heterocycles. The minimum Gasteiger partial charge on any atom is -0.494 e. The Bertz CT molecular complexity index is 326. The summed E-state index contributed by atoms with van der Waals surface area (Å²) in [6, 6.07) is 8.08. The Labute approximate surface area is 98.8 Å². The number of hydrogen-bond donors (Lipinski definition) is 1. The topological polar surface area (TPSA) is 35.2 Å². The summed E-state index contributed by atoms with van der Waals surface area (Å²) in [5.41, 5.74) is 7.26. The van der Waals surface area contributed by atoms with Gasteiger partial charge in [-0.3, -0.25) is 0 Å². The zero-order valence-corrected chi connectivity index (χ0v) is 10.8. The highest BCUT2D eigenvalue weighted by atomic mass is 16.5. The van der Waals surface area contributed by atoms with Crippen LogP contribution in [0.15, 0.2) is 24.3 Å². The van der Waals surface area contributed by atoms with Crippen molar-refractivity contribution >= 4 is 0 Å². The molecule has 2 nitrogen and oxygen atoms in total. The second-order valence-electron chi connectivity index (χ2n) is 5.52. The SMILES string of the molecule is C[C@@H](N)c1cccc(OCCC(C)(C)C)c1. The summed E-state index contributed by atoms with van der Waals surface area (Å²) in [6.45, 7) is 9.39. The summed E-state index contributed by atoms with van der Waals surface area (Å²) in [6.07, 6.45) is 1.05. The lowest BCUT2D eigenvalue weighted by atomic mass is 9.93. The first-order chi connectivity index (χ1) is 7.38. The minimum absolute atomic E-state index is 0.0613. The van der Waals surface area contributed by atoms with Crippen LogP contribution in [-0.2, 0) is 0 Å². The zero-order valence-electron chi connectivity index (χ0n) is 10.8. The molecule has 2 heteroatoms. The third-order valence-corrected chi connectivity index (χ3v) is 2.50. The Balaban J connectivity index is 2.51. The zero-order chi connectivity index (χ0) is 12.2. The van der Waals surface area contributed by atoms with Crippen LogP contribution in [-0.4, -0.2) is 6.61 Å². The van der Waals surface area contributed by atoms with Gasteiger partial charge in [-0.05, 0) is 36.5 Å². The first-order valence-electron chi connectivity index (χ1n) is 5.87. The molecule has 0 spiro atoms. The van der Waals surface area contributed by atoms with Gasteiger partial charge in [-0.1, -0.05) is 32.9 Å². The summed E-state index contributed by atoms with van der Waals surface area (Å²) in [5.74, 6) is 0.916. The van der Waals surface area contributed by atoms with Crippen molar-refractivity contribution < 1.29 is 4.74 Å². The highest BCUT2D eigenvalue weighted by molar-refractivity contribution is 5.30. The lowest BCUT2D eigenvalue weighted by molar-refractivity contribution is 0.243. The van der Waals surface area contributed by atoms with Crippen molar-refractivity contribution in [3.05, 3.63) is 29.8 Å². The van der Waals surface area contributed by atoms with E-state index in [4.69, 9.17) is 10.5 Å². The quantitative estimate of drug-likeness (QED) is 0.844. The maximum atomic E-state index is 5.82. The molecule has 1 aromatic carbocycles. The van der Waals surface area contributed by atoms with Gasteiger partial charge in [0, 0.05) is 6.04 Å². The van der Waals surface area contributed by atoms with Crippen LogP contribution < -0.4 is 10.5 Å². The molecular weight excluding hydrogens is 198 g/mol. The lowest BCUT2D eigenvalue weighted by Crippen LogP contribution is -2.11. The number of rotatable bonds is 4. The average Bonchev–Trinajstić information content (AvgIpc) is 2.16. The van der Waals surface area contributed by atoms with Gasteiger partial charge in [0.15, 0.2) is 0 Å². The van der Waals surface area contributed by atoms with E-state index in [1.165, 1.54) is 0 Å². The fourth-order valence-corrected chi connectivity index (χ4v) is 1.36. The molecule has 0 radical (unpaired) electrons. The van der Waals surface area contributed by atoms with Crippen molar-refractivity contribution in [3.63, 3.8) is 0 Å². The molecule has 0 aliphatic carbocycles. The molecule has 0 fully saturated rings. The molecule has 0 heterocycles. The van der Waals surface area contributed by atoms with Crippen LogP contribution in [0.5, 0.6) is 5.75 Å². The molecule has 1 atom stereocenters. The molecule has 0 saturated carbocycles. The predicted octanol–water partition coefficient (Wildman–Crippen LogP) is 3.52. The first-order valence-corrected chi connectivity index (χ1v) is 5.87. The highest BCUT2D eigenvalue weighted by Crippen LogP contribution is 2.21. The number of hydrogen-bond acceptors (Lipinski definition) is 2. The molecule has 1 aromatic rings. The monoisotopic (exact) mass is 221 g/mol. The van der Waals surface area contributed by atoms with E-state index in [1.807, 2.05) is 31.2 Å². The standard InChI is InChI=1S/C14H23NO/c1-11(15)12-6-5-7-13(10-12)16-9-8-14(2,3)4/h5-7,10-11H,8-9,15H2,1-4H3/t11-/m1/s1. The number of ether oxygens (including phenoxy) is 1. The molecular formula is C14H23NO. The maximum absolute atomic E-state index is 5.82. The Morgan fingerprint density at radius 1 is 1.31 bits per heavy atom. The van der Waals surface area contributed by atoms with Crippen LogP contribution >= 0.6 is 0 Å². The van der Waals surface area contributed by atoms with E-state index in [2.05, 4.69) is 20.8 Å². The fraction of sp³-hybridized carbons (Fsp3) is 0.571. The number of benzene rings is 1. The fourth-order valence-electron chi connectivity index (χ4n) is 1.36. The van der Waals surface area contributed by atoms with Crippen LogP contribution in [0.3, 0.4) is 0 Å². The van der Waals surface area contributed by atoms with Crippen LogP contribution in [0.2, 0.25) is 0 Å². The Morgan fingerprint density at radius 2 is 2.00 bits per heavy atom. The molecule has 1 rings (SSSR count). The van der Waals surface area contributed by atoms with Gasteiger partial charge in [-0.2, -0.15) is 0 Å². The highest BCUT2D eigenvalue weighted by Gasteiger charge is 2.10. The van der Waals surface area contributed by atoms with Gasteiger partial charge in [0.05, 0.1) is 6.61 Å². The second kappa shape index (κ2) is 5.35. The van der Waals surface area contributed by atoms with Gasteiger partial charge in [0.1, 0.15) is 5.75 Å². The van der Waals surface area contributed by atoms with Crippen LogP contribution in [0.25, 0.3) is 0 Å². The molecule has 90 valence electrons.